The first kappa shape index (κ1) is 14.4. The highest BCUT2D eigenvalue weighted by Gasteiger charge is 2.50. The summed E-state index contributed by atoms with van der Waals surface area (Å²) in [6, 6.07) is 6.85. The highest BCUT2D eigenvalue weighted by atomic mass is 16.5. The maximum atomic E-state index is 12.5. The Morgan fingerprint density at radius 3 is 2.50 bits per heavy atom. The molecule has 1 amide bonds. The van der Waals surface area contributed by atoms with Crippen LogP contribution in [0.3, 0.4) is 0 Å². The van der Waals surface area contributed by atoms with Crippen LogP contribution in [-0.2, 0) is 19.9 Å². The third kappa shape index (κ3) is 2.03. The lowest BCUT2D eigenvalue weighted by Crippen LogP contribution is -2.32. The summed E-state index contributed by atoms with van der Waals surface area (Å²) >= 11 is 0. The number of aliphatic hydroxyl groups excluding tert-OH is 1. The maximum absolute atomic E-state index is 12.5. The molecule has 3 rings (SSSR count). The van der Waals surface area contributed by atoms with E-state index in [0.717, 1.165) is 0 Å². The Bertz CT molecular complexity index is 664. The highest BCUT2D eigenvalue weighted by molar-refractivity contribution is 6.03. The van der Waals surface area contributed by atoms with Crippen LogP contribution in [0.1, 0.15) is 25.3 Å². The van der Waals surface area contributed by atoms with Crippen molar-refractivity contribution in [3.63, 3.8) is 0 Å². The number of amides is 1. The van der Waals surface area contributed by atoms with Crippen LogP contribution in [0.5, 0.6) is 5.75 Å². The van der Waals surface area contributed by atoms with Gasteiger partial charge >= 0.3 is 0 Å². The Hall–Kier alpha value is -2.50. The summed E-state index contributed by atoms with van der Waals surface area (Å²) < 4.78 is 10.8. The molecule has 2 aliphatic rings. The Labute approximate surface area is 127 Å². The molecule has 2 aliphatic heterocycles. The average Bonchev–Trinajstić information content (AvgIpc) is 3.05. The van der Waals surface area contributed by atoms with Crippen LogP contribution in [0, 0.1) is 0 Å². The van der Waals surface area contributed by atoms with Crippen molar-refractivity contribution in [2.45, 2.75) is 25.4 Å². The lowest BCUT2D eigenvalue weighted by molar-refractivity contribution is -0.136. The number of carbonyl (C=O) groups excluding carboxylic acids is 2. The van der Waals surface area contributed by atoms with Crippen molar-refractivity contribution in [3.8, 4) is 5.75 Å². The van der Waals surface area contributed by atoms with Gasteiger partial charge in [0.25, 0.3) is 5.78 Å². The fraction of sp³-hybridized carbons (Fsp3) is 0.375. The van der Waals surface area contributed by atoms with Gasteiger partial charge in [0, 0.05) is 18.5 Å². The Morgan fingerprint density at radius 1 is 1.27 bits per heavy atom. The summed E-state index contributed by atoms with van der Waals surface area (Å²) in [4.78, 5) is 25.6. The van der Waals surface area contributed by atoms with Gasteiger partial charge in [-0.3, -0.25) is 14.5 Å². The summed E-state index contributed by atoms with van der Waals surface area (Å²) in [6.45, 7) is 2.03. The van der Waals surface area contributed by atoms with Gasteiger partial charge in [0.15, 0.2) is 5.60 Å². The SMILES string of the molecule is COc1ccc(C2(C)OC(N3CCCC3=O)=C(O)C2=O)cc1. The molecule has 0 aromatic heterocycles. The number of aliphatic hydroxyl groups is 1. The van der Waals surface area contributed by atoms with E-state index in [9.17, 15) is 14.7 Å². The van der Waals surface area contributed by atoms with Gasteiger partial charge in [-0.05, 0) is 25.5 Å². The zero-order valence-corrected chi connectivity index (χ0v) is 12.5. The van der Waals surface area contributed by atoms with Gasteiger partial charge in [-0.1, -0.05) is 12.1 Å². The van der Waals surface area contributed by atoms with Crippen molar-refractivity contribution in [1.29, 1.82) is 0 Å². The van der Waals surface area contributed by atoms with Gasteiger partial charge in [-0.2, -0.15) is 0 Å². The summed E-state index contributed by atoms with van der Waals surface area (Å²) in [7, 11) is 1.55. The monoisotopic (exact) mass is 303 g/mol. The minimum atomic E-state index is -1.34. The lowest BCUT2D eigenvalue weighted by atomic mass is 9.91. The predicted octanol–water partition coefficient (Wildman–Crippen LogP) is 1.86. The summed E-state index contributed by atoms with van der Waals surface area (Å²) in [5.74, 6) is -0.565. The Balaban J connectivity index is 1.93. The summed E-state index contributed by atoms with van der Waals surface area (Å²) in [6.07, 6.45) is 1.08. The van der Waals surface area contributed by atoms with E-state index in [1.807, 2.05) is 0 Å². The summed E-state index contributed by atoms with van der Waals surface area (Å²) in [5.41, 5.74) is -0.749. The quantitative estimate of drug-likeness (QED) is 0.922. The molecule has 6 nitrogen and oxygen atoms in total. The fourth-order valence-corrected chi connectivity index (χ4v) is 2.76. The second kappa shape index (κ2) is 5.05. The summed E-state index contributed by atoms with van der Waals surface area (Å²) in [5, 5.41) is 10.1. The van der Waals surface area contributed by atoms with E-state index >= 15 is 0 Å². The van der Waals surface area contributed by atoms with Crippen LogP contribution in [-0.4, -0.2) is 35.4 Å². The number of carbonyl (C=O) groups is 2. The first-order chi connectivity index (χ1) is 10.5. The normalized spacial score (nSPS) is 24.9. The molecule has 1 fully saturated rings. The van der Waals surface area contributed by atoms with Crippen LogP contribution in [0.15, 0.2) is 35.9 Å². The molecule has 0 bridgehead atoms. The van der Waals surface area contributed by atoms with Crippen LogP contribution >= 0.6 is 0 Å². The van der Waals surface area contributed by atoms with Gasteiger partial charge < -0.3 is 14.6 Å². The average molecular weight is 303 g/mol. The molecule has 1 unspecified atom stereocenters. The number of nitrogens with zero attached hydrogens (tertiary/aromatic N) is 1. The van der Waals surface area contributed by atoms with E-state index in [1.165, 1.54) is 4.90 Å². The maximum Gasteiger partial charge on any atom is 0.250 e. The van der Waals surface area contributed by atoms with Crippen molar-refractivity contribution in [3.05, 3.63) is 41.5 Å². The van der Waals surface area contributed by atoms with Gasteiger partial charge in [-0.15, -0.1) is 0 Å². The molecule has 22 heavy (non-hydrogen) atoms. The number of hydrogen-bond donors (Lipinski definition) is 1. The van der Waals surface area contributed by atoms with E-state index in [2.05, 4.69) is 0 Å². The Kier molecular flexibility index (Phi) is 3.31. The zero-order valence-electron chi connectivity index (χ0n) is 12.5. The number of hydrogen-bond acceptors (Lipinski definition) is 5. The zero-order chi connectivity index (χ0) is 15.9. The van der Waals surface area contributed by atoms with Crippen molar-refractivity contribution in [2.24, 2.45) is 0 Å². The number of Topliss-reactive ketones (excluding diaryl/α,β-unsaturated/α-hetero) is 1. The minimum absolute atomic E-state index is 0.0363. The van der Waals surface area contributed by atoms with Gasteiger partial charge in [0.2, 0.25) is 17.5 Å². The number of benzene rings is 1. The second-order valence-corrected chi connectivity index (χ2v) is 5.50. The van der Waals surface area contributed by atoms with Crippen molar-refractivity contribution in [1.82, 2.24) is 4.90 Å². The molecule has 1 aromatic carbocycles. The van der Waals surface area contributed by atoms with Crippen LogP contribution < -0.4 is 4.74 Å². The highest BCUT2D eigenvalue weighted by Crippen LogP contribution is 2.40. The molecule has 1 N–H and O–H groups in total. The number of rotatable bonds is 3. The molecule has 0 spiro atoms. The minimum Gasteiger partial charge on any atom is -0.501 e. The first-order valence-corrected chi connectivity index (χ1v) is 7.09. The molecule has 0 aliphatic carbocycles. The lowest BCUT2D eigenvalue weighted by Gasteiger charge is -2.26. The third-order valence-corrected chi connectivity index (χ3v) is 4.11. The standard InChI is InChI=1S/C16H17NO5/c1-16(10-5-7-11(21-2)8-6-10)14(20)13(19)15(22-16)17-9-3-4-12(17)18/h5-8,19H,3-4,9H2,1-2H3. The third-order valence-electron chi connectivity index (χ3n) is 4.11. The number of likely N-dealkylation sites (tertiary alicyclic amines) is 1. The second-order valence-electron chi connectivity index (χ2n) is 5.50. The van der Waals surface area contributed by atoms with E-state index in [0.29, 0.717) is 30.7 Å². The van der Waals surface area contributed by atoms with Crippen molar-refractivity contribution >= 4 is 11.7 Å². The molecule has 0 radical (unpaired) electrons. The molecule has 0 saturated carbocycles. The fourth-order valence-electron chi connectivity index (χ4n) is 2.76. The van der Waals surface area contributed by atoms with Gasteiger partial charge in [0.1, 0.15) is 5.75 Å². The van der Waals surface area contributed by atoms with E-state index in [4.69, 9.17) is 9.47 Å². The van der Waals surface area contributed by atoms with Crippen LogP contribution in [0.2, 0.25) is 0 Å². The first-order valence-electron chi connectivity index (χ1n) is 7.09. The predicted molar refractivity (Wildman–Crippen MR) is 77.0 cm³/mol. The molecule has 116 valence electrons. The Morgan fingerprint density at radius 2 is 1.95 bits per heavy atom. The molecular weight excluding hydrogens is 286 g/mol. The molecule has 2 heterocycles. The van der Waals surface area contributed by atoms with E-state index < -0.39 is 17.1 Å². The number of ether oxygens (including phenoxy) is 2. The van der Waals surface area contributed by atoms with Crippen molar-refractivity contribution in [2.75, 3.05) is 13.7 Å². The molecule has 1 aromatic rings. The van der Waals surface area contributed by atoms with Crippen molar-refractivity contribution < 1.29 is 24.2 Å². The van der Waals surface area contributed by atoms with Gasteiger partial charge in [0.05, 0.1) is 7.11 Å². The molecule has 1 atom stereocenters. The molecule has 1 saturated heterocycles. The smallest absolute Gasteiger partial charge is 0.250 e. The van der Waals surface area contributed by atoms with E-state index in [-0.39, 0.29) is 11.8 Å². The molecule has 6 heteroatoms. The van der Waals surface area contributed by atoms with Crippen LogP contribution in [0.4, 0.5) is 0 Å². The van der Waals surface area contributed by atoms with Crippen LogP contribution in [0.25, 0.3) is 0 Å². The van der Waals surface area contributed by atoms with E-state index in [1.54, 1.807) is 38.3 Å². The number of ketones is 1. The number of methoxy groups -OCH3 is 1. The molecular formula is C16H17NO5. The van der Waals surface area contributed by atoms with Gasteiger partial charge in [-0.25, -0.2) is 0 Å². The topological polar surface area (TPSA) is 76.1 Å². The largest absolute Gasteiger partial charge is 0.501 e.